The van der Waals surface area contributed by atoms with Crippen LogP contribution in [-0.2, 0) is 11.0 Å². The molecule has 1 rings (SSSR count). The first-order valence-electron chi connectivity index (χ1n) is 3.75. The van der Waals surface area contributed by atoms with Gasteiger partial charge in [0.05, 0.1) is 5.56 Å². The van der Waals surface area contributed by atoms with Crippen LogP contribution in [0.25, 0.3) is 6.08 Å². The van der Waals surface area contributed by atoms with Crippen LogP contribution in [0.4, 0.5) is 13.2 Å². The van der Waals surface area contributed by atoms with Crippen LogP contribution in [0.2, 0.25) is 0 Å². The van der Waals surface area contributed by atoms with Crippen molar-refractivity contribution in [3.8, 4) is 0 Å². The van der Waals surface area contributed by atoms with Crippen molar-refractivity contribution in [3.05, 3.63) is 41.5 Å². The highest BCUT2D eigenvalue weighted by Gasteiger charge is 2.29. The molecule has 0 heterocycles. The predicted octanol–water partition coefficient (Wildman–Crippen LogP) is 2.83. The Hall–Kier alpha value is -1.58. The molecule has 0 fully saturated rings. The number of carbonyl (C=O) groups excluding carboxylic acids is 1. The van der Waals surface area contributed by atoms with Crippen molar-refractivity contribution in [2.75, 3.05) is 0 Å². The third kappa shape index (κ3) is 2.73. The third-order valence-corrected chi connectivity index (χ3v) is 1.58. The Labute approximate surface area is 78.9 Å². The van der Waals surface area contributed by atoms with E-state index in [2.05, 4.69) is 0 Å². The Bertz CT molecular complexity index is 335. The molecular formula is C10H6F3O. The minimum atomic E-state index is -4.32. The molecule has 14 heavy (non-hydrogen) atoms. The van der Waals surface area contributed by atoms with Crippen molar-refractivity contribution in [1.82, 2.24) is 0 Å². The van der Waals surface area contributed by atoms with E-state index >= 15 is 0 Å². The summed E-state index contributed by atoms with van der Waals surface area (Å²) in [5.41, 5.74) is -0.175. The van der Waals surface area contributed by atoms with Gasteiger partial charge in [-0.1, -0.05) is 18.2 Å². The number of alkyl halides is 3. The fourth-order valence-corrected chi connectivity index (χ4v) is 0.913. The van der Waals surface area contributed by atoms with E-state index in [1.165, 1.54) is 24.5 Å². The molecule has 0 saturated heterocycles. The van der Waals surface area contributed by atoms with Crippen molar-refractivity contribution in [3.63, 3.8) is 0 Å². The van der Waals surface area contributed by atoms with E-state index in [9.17, 15) is 18.0 Å². The smallest absolute Gasteiger partial charge is 0.286 e. The van der Waals surface area contributed by atoms with Gasteiger partial charge in [0.25, 0.3) is 0 Å². The van der Waals surface area contributed by atoms with Gasteiger partial charge in [-0.2, -0.15) is 13.2 Å². The predicted molar refractivity (Wildman–Crippen MR) is 46.2 cm³/mol. The zero-order chi connectivity index (χ0) is 10.6. The molecule has 0 aliphatic rings. The lowest BCUT2D eigenvalue weighted by molar-refractivity contribution is -0.137. The normalized spacial score (nSPS) is 11.9. The SMILES string of the molecule is O=[C]C=Cc1ccc(C(F)(F)F)cc1. The quantitative estimate of drug-likeness (QED) is 0.669. The van der Waals surface area contributed by atoms with Gasteiger partial charge in [-0.15, -0.1) is 0 Å². The monoisotopic (exact) mass is 199 g/mol. The molecule has 0 aliphatic heterocycles. The third-order valence-electron chi connectivity index (χ3n) is 1.58. The lowest BCUT2D eigenvalue weighted by atomic mass is 10.1. The molecule has 0 saturated carbocycles. The summed E-state index contributed by atoms with van der Waals surface area (Å²) in [6.45, 7) is 0. The molecule has 1 aromatic carbocycles. The number of hydrogen-bond donors (Lipinski definition) is 0. The zero-order valence-electron chi connectivity index (χ0n) is 7.01. The van der Waals surface area contributed by atoms with Gasteiger partial charge in [0.1, 0.15) is 0 Å². The molecular weight excluding hydrogens is 193 g/mol. The van der Waals surface area contributed by atoms with Crippen molar-refractivity contribution in [2.24, 2.45) is 0 Å². The van der Waals surface area contributed by atoms with Crippen LogP contribution in [0.5, 0.6) is 0 Å². The van der Waals surface area contributed by atoms with Gasteiger partial charge < -0.3 is 0 Å². The average molecular weight is 199 g/mol. The summed E-state index contributed by atoms with van der Waals surface area (Å²) in [5.74, 6) is 0. The maximum Gasteiger partial charge on any atom is 0.416 e. The van der Waals surface area contributed by atoms with Crippen LogP contribution in [0.15, 0.2) is 30.3 Å². The number of halogens is 3. The standard InChI is InChI=1S/C10H6F3O/c11-10(12,13)9-5-3-8(4-6-9)2-1-7-14/h1-6H. The molecule has 0 atom stereocenters. The molecule has 1 nitrogen and oxygen atoms in total. The van der Waals surface area contributed by atoms with Crippen LogP contribution in [-0.4, -0.2) is 6.29 Å². The Morgan fingerprint density at radius 2 is 1.71 bits per heavy atom. The van der Waals surface area contributed by atoms with E-state index in [0.717, 1.165) is 18.2 Å². The molecule has 73 valence electrons. The van der Waals surface area contributed by atoms with Crippen molar-refractivity contribution < 1.29 is 18.0 Å². The van der Waals surface area contributed by atoms with Crippen LogP contribution < -0.4 is 0 Å². The van der Waals surface area contributed by atoms with E-state index < -0.39 is 11.7 Å². The van der Waals surface area contributed by atoms with E-state index in [-0.39, 0.29) is 0 Å². The maximum atomic E-state index is 12.1. The van der Waals surface area contributed by atoms with Crippen LogP contribution in [0, 0.1) is 0 Å². The highest BCUT2D eigenvalue weighted by Crippen LogP contribution is 2.29. The summed E-state index contributed by atoms with van der Waals surface area (Å²) in [5, 5.41) is 0. The Kier molecular flexibility index (Phi) is 3.06. The topological polar surface area (TPSA) is 17.1 Å². The number of rotatable bonds is 2. The average Bonchev–Trinajstić information content (AvgIpc) is 2.14. The second-order valence-corrected chi connectivity index (χ2v) is 2.57. The van der Waals surface area contributed by atoms with Gasteiger partial charge in [-0.05, 0) is 23.8 Å². The van der Waals surface area contributed by atoms with Gasteiger partial charge in [-0.25, -0.2) is 0 Å². The van der Waals surface area contributed by atoms with E-state index in [1.54, 1.807) is 0 Å². The minimum Gasteiger partial charge on any atom is -0.286 e. The molecule has 0 bridgehead atoms. The number of benzene rings is 1. The summed E-state index contributed by atoms with van der Waals surface area (Å²) in [6, 6.07) is 4.50. The largest absolute Gasteiger partial charge is 0.416 e. The van der Waals surface area contributed by atoms with Crippen molar-refractivity contribution in [2.45, 2.75) is 6.18 Å². The lowest BCUT2D eigenvalue weighted by Crippen LogP contribution is -2.03. The maximum absolute atomic E-state index is 12.1. The van der Waals surface area contributed by atoms with Crippen LogP contribution in [0.1, 0.15) is 11.1 Å². The molecule has 4 heteroatoms. The molecule has 0 aromatic heterocycles. The Morgan fingerprint density at radius 3 is 2.14 bits per heavy atom. The van der Waals surface area contributed by atoms with Gasteiger partial charge >= 0.3 is 6.18 Å². The fourth-order valence-electron chi connectivity index (χ4n) is 0.913. The van der Waals surface area contributed by atoms with Gasteiger partial charge in [0, 0.05) is 0 Å². The second-order valence-electron chi connectivity index (χ2n) is 2.57. The number of hydrogen-bond acceptors (Lipinski definition) is 1. The van der Waals surface area contributed by atoms with Crippen LogP contribution in [0.3, 0.4) is 0 Å². The summed E-state index contributed by atoms with van der Waals surface area (Å²) >= 11 is 0. The second kappa shape index (κ2) is 4.09. The molecule has 0 amide bonds. The molecule has 1 radical (unpaired) electrons. The van der Waals surface area contributed by atoms with Gasteiger partial charge in [-0.3, -0.25) is 4.79 Å². The lowest BCUT2D eigenvalue weighted by Gasteiger charge is -2.05. The fraction of sp³-hybridized carbons (Fsp3) is 0.100. The van der Waals surface area contributed by atoms with Crippen molar-refractivity contribution >= 4 is 12.4 Å². The zero-order valence-corrected chi connectivity index (χ0v) is 7.01. The highest BCUT2D eigenvalue weighted by atomic mass is 19.4. The van der Waals surface area contributed by atoms with Gasteiger partial charge in [0.15, 0.2) is 0 Å². The molecule has 1 aromatic rings. The Morgan fingerprint density at radius 1 is 1.14 bits per heavy atom. The first-order chi connectivity index (χ1) is 6.54. The summed E-state index contributed by atoms with van der Waals surface area (Å²) < 4.78 is 36.3. The Balaban J connectivity index is 2.89. The molecule has 0 spiro atoms. The molecule has 0 unspecified atom stereocenters. The van der Waals surface area contributed by atoms with Crippen LogP contribution >= 0.6 is 0 Å². The minimum absolute atomic E-state index is 0.529. The summed E-state index contributed by atoms with van der Waals surface area (Å²) in [6.07, 6.45) is -0.330. The molecule has 0 aliphatic carbocycles. The van der Waals surface area contributed by atoms with Gasteiger partial charge in [0.2, 0.25) is 6.29 Å². The van der Waals surface area contributed by atoms with Crippen molar-refractivity contribution in [1.29, 1.82) is 0 Å². The first-order valence-corrected chi connectivity index (χ1v) is 3.75. The summed E-state index contributed by atoms with van der Waals surface area (Å²) in [4.78, 5) is 9.81. The first kappa shape index (κ1) is 10.5. The molecule has 0 N–H and O–H groups in total. The summed E-state index contributed by atoms with van der Waals surface area (Å²) in [7, 11) is 0. The number of allylic oxidation sites excluding steroid dienone is 1. The van der Waals surface area contributed by atoms with E-state index in [4.69, 9.17) is 0 Å². The van der Waals surface area contributed by atoms with E-state index in [1.807, 2.05) is 0 Å². The highest BCUT2D eigenvalue weighted by molar-refractivity contribution is 5.74. The van der Waals surface area contributed by atoms with E-state index in [0.29, 0.717) is 5.56 Å².